The number of hydrogen-bond acceptors (Lipinski definition) is 3. The molecule has 0 atom stereocenters. The van der Waals surface area contributed by atoms with Crippen LogP contribution in [0.25, 0.3) is 11.1 Å². The van der Waals surface area contributed by atoms with Gasteiger partial charge in [0.05, 0.1) is 6.54 Å². The second-order valence-corrected chi connectivity index (χ2v) is 6.04. The highest BCUT2D eigenvalue weighted by Crippen LogP contribution is 2.21. The van der Waals surface area contributed by atoms with Crippen molar-refractivity contribution in [1.29, 1.82) is 0 Å². The van der Waals surface area contributed by atoms with Gasteiger partial charge in [0.15, 0.2) is 0 Å². The highest BCUT2D eigenvalue weighted by Gasteiger charge is 2.23. The third kappa shape index (κ3) is 4.58. The number of carbonyl (C=O) groups excluding carboxylic acids is 1. The van der Waals surface area contributed by atoms with Crippen LogP contribution in [0, 0.1) is 12.3 Å². The summed E-state index contributed by atoms with van der Waals surface area (Å²) in [5, 5.41) is 0. The normalized spacial score (nSPS) is 10.7. The Balaban J connectivity index is 2.24. The van der Waals surface area contributed by atoms with E-state index >= 15 is 0 Å². The van der Waals surface area contributed by atoms with Gasteiger partial charge in [0, 0.05) is 11.8 Å². The smallest absolute Gasteiger partial charge is 0.416 e. The van der Waals surface area contributed by atoms with Crippen LogP contribution in [-0.2, 0) is 4.74 Å². The lowest BCUT2D eigenvalue weighted by Gasteiger charge is -2.25. The first-order valence-corrected chi connectivity index (χ1v) is 7.36. The van der Waals surface area contributed by atoms with E-state index in [2.05, 4.69) is 10.9 Å². The van der Waals surface area contributed by atoms with Crippen molar-refractivity contribution < 1.29 is 9.53 Å². The van der Waals surface area contributed by atoms with Crippen LogP contribution in [0.3, 0.4) is 0 Å². The van der Waals surface area contributed by atoms with Crippen LogP contribution < -0.4 is 4.90 Å². The summed E-state index contributed by atoms with van der Waals surface area (Å²) < 4.78 is 5.37. The molecule has 0 aliphatic carbocycles. The zero-order valence-electron chi connectivity index (χ0n) is 13.6. The van der Waals surface area contributed by atoms with Crippen molar-refractivity contribution >= 4 is 11.9 Å². The minimum Gasteiger partial charge on any atom is -0.443 e. The summed E-state index contributed by atoms with van der Waals surface area (Å²) in [6.07, 6.45) is 6.58. The molecule has 2 rings (SSSR count). The predicted molar refractivity (Wildman–Crippen MR) is 92.1 cm³/mol. The fraction of sp³-hybridized carbons (Fsp3) is 0.263. The Morgan fingerprint density at radius 3 is 2.39 bits per heavy atom. The highest BCUT2D eigenvalue weighted by molar-refractivity contribution is 5.87. The number of ether oxygens (including phenoxy) is 1. The lowest BCUT2D eigenvalue weighted by molar-refractivity contribution is 0.0584. The van der Waals surface area contributed by atoms with Gasteiger partial charge >= 0.3 is 6.09 Å². The Hall–Kier alpha value is -2.80. The second kappa shape index (κ2) is 6.97. The molecule has 2 aromatic rings. The van der Waals surface area contributed by atoms with E-state index in [4.69, 9.17) is 11.2 Å². The molecule has 0 unspecified atom stereocenters. The van der Waals surface area contributed by atoms with Gasteiger partial charge in [-0.2, -0.15) is 0 Å². The first-order chi connectivity index (χ1) is 10.9. The third-order valence-corrected chi connectivity index (χ3v) is 2.99. The van der Waals surface area contributed by atoms with Crippen molar-refractivity contribution in [3.05, 3.63) is 48.7 Å². The van der Waals surface area contributed by atoms with E-state index in [0.29, 0.717) is 5.82 Å². The zero-order chi connectivity index (χ0) is 16.9. The monoisotopic (exact) mass is 308 g/mol. The molecule has 0 spiro atoms. The minimum absolute atomic E-state index is 0.104. The van der Waals surface area contributed by atoms with Gasteiger partial charge in [-0.3, -0.25) is 0 Å². The van der Waals surface area contributed by atoms with Crippen LogP contribution >= 0.6 is 0 Å². The molecule has 0 saturated carbocycles. The fourth-order valence-corrected chi connectivity index (χ4v) is 1.99. The number of anilines is 1. The topological polar surface area (TPSA) is 42.4 Å². The van der Waals surface area contributed by atoms with Crippen LogP contribution in [0.5, 0.6) is 0 Å². The van der Waals surface area contributed by atoms with Crippen molar-refractivity contribution in [2.24, 2.45) is 0 Å². The van der Waals surface area contributed by atoms with E-state index in [0.717, 1.165) is 11.1 Å². The van der Waals surface area contributed by atoms with Gasteiger partial charge in [0.1, 0.15) is 11.4 Å². The molecule has 0 bridgehead atoms. The largest absolute Gasteiger partial charge is 0.443 e. The number of benzene rings is 1. The van der Waals surface area contributed by atoms with Crippen molar-refractivity contribution in [1.82, 2.24) is 4.98 Å². The summed E-state index contributed by atoms with van der Waals surface area (Å²) >= 11 is 0. The standard InChI is InChI=1S/C19H20N2O2/c1-5-13-21(18(22)23-19(2,3)4)17-12-11-16(14-20-17)15-9-7-6-8-10-15/h1,6-12,14H,13H2,2-4H3. The van der Waals surface area contributed by atoms with Crippen LogP contribution in [0.2, 0.25) is 0 Å². The Morgan fingerprint density at radius 2 is 1.87 bits per heavy atom. The molecule has 1 aromatic heterocycles. The molecule has 0 N–H and O–H groups in total. The first-order valence-electron chi connectivity index (χ1n) is 7.36. The summed E-state index contributed by atoms with van der Waals surface area (Å²) in [7, 11) is 0. The van der Waals surface area contributed by atoms with Gasteiger partial charge in [0.25, 0.3) is 0 Å². The van der Waals surface area contributed by atoms with Crippen LogP contribution in [0.4, 0.5) is 10.6 Å². The van der Waals surface area contributed by atoms with Gasteiger partial charge in [-0.25, -0.2) is 14.7 Å². The van der Waals surface area contributed by atoms with E-state index in [-0.39, 0.29) is 6.54 Å². The van der Waals surface area contributed by atoms with Crippen molar-refractivity contribution in [2.45, 2.75) is 26.4 Å². The molecule has 0 fully saturated rings. The summed E-state index contributed by atoms with van der Waals surface area (Å²) in [6, 6.07) is 13.6. The molecule has 4 heteroatoms. The van der Waals surface area contributed by atoms with Crippen LogP contribution in [0.1, 0.15) is 20.8 Å². The Morgan fingerprint density at radius 1 is 1.17 bits per heavy atom. The van der Waals surface area contributed by atoms with Gasteiger partial charge in [-0.15, -0.1) is 6.42 Å². The molecule has 0 aliphatic rings. The number of hydrogen-bond donors (Lipinski definition) is 0. The van der Waals surface area contributed by atoms with E-state index in [1.54, 1.807) is 12.3 Å². The summed E-state index contributed by atoms with van der Waals surface area (Å²) in [4.78, 5) is 18.0. The number of amides is 1. The first kappa shape index (κ1) is 16.6. The number of aromatic nitrogens is 1. The van der Waals surface area contributed by atoms with Gasteiger partial charge in [-0.05, 0) is 38.5 Å². The molecule has 0 saturated heterocycles. The summed E-state index contributed by atoms with van der Waals surface area (Å²) in [5.74, 6) is 2.93. The lowest BCUT2D eigenvalue weighted by Crippen LogP contribution is -2.37. The maximum Gasteiger partial charge on any atom is 0.416 e. The van der Waals surface area contributed by atoms with E-state index in [1.165, 1.54) is 4.90 Å². The zero-order valence-corrected chi connectivity index (χ0v) is 13.6. The molecule has 118 valence electrons. The Labute approximate surface area is 137 Å². The fourth-order valence-electron chi connectivity index (χ4n) is 1.99. The van der Waals surface area contributed by atoms with Gasteiger partial charge in [-0.1, -0.05) is 36.3 Å². The number of nitrogens with zero attached hydrogens (tertiary/aromatic N) is 2. The van der Waals surface area contributed by atoms with Crippen molar-refractivity contribution in [2.75, 3.05) is 11.4 Å². The quantitative estimate of drug-likeness (QED) is 0.801. The number of rotatable bonds is 3. The summed E-state index contributed by atoms with van der Waals surface area (Å²) in [5.41, 5.74) is 1.44. The van der Waals surface area contributed by atoms with Crippen molar-refractivity contribution in [3.63, 3.8) is 0 Å². The molecule has 4 nitrogen and oxygen atoms in total. The Kier molecular flexibility index (Phi) is 5.02. The maximum atomic E-state index is 12.3. The molecular formula is C19H20N2O2. The molecule has 1 heterocycles. The lowest BCUT2D eigenvalue weighted by atomic mass is 10.1. The molecule has 1 aromatic carbocycles. The summed E-state index contributed by atoms with van der Waals surface area (Å²) in [6.45, 7) is 5.53. The van der Waals surface area contributed by atoms with Gasteiger partial charge < -0.3 is 4.74 Å². The van der Waals surface area contributed by atoms with Crippen LogP contribution in [-0.4, -0.2) is 23.2 Å². The number of carbonyl (C=O) groups is 1. The van der Waals surface area contributed by atoms with E-state index < -0.39 is 11.7 Å². The minimum atomic E-state index is -0.589. The SMILES string of the molecule is C#CCN(C(=O)OC(C)(C)C)c1ccc(-c2ccccc2)cn1. The third-order valence-electron chi connectivity index (χ3n) is 2.99. The average molecular weight is 308 g/mol. The molecule has 1 amide bonds. The number of pyridine rings is 1. The highest BCUT2D eigenvalue weighted by atomic mass is 16.6. The average Bonchev–Trinajstić information content (AvgIpc) is 2.52. The number of terminal acetylenes is 1. The molecule has 23 heavy (non-hydrogen) atoms. The van der Waals surface area contributed by atoms with Gasteiger partial charge in [0.2, 0.25) is 0 Å². The van der Waals surface area contributed by atoms with Crippen LogP contribution in [0.15, 0.2) is 48.7 Å². The Bertz CT molecular complexity index is 695. The van der Waals surface area contributed by atoms with E-state index in [9.17, 15) is 4.79 Å². The van der Waals surface area contributed by atoms with E-state index in [1.807, 2.05) is 57.2 Å². The molecule has 0 aliphatic heterocycles. The second-order valence-electron chi connectivity index (χ2n) is 6.04. The maximum absolute atomic E-state index is 12.3. The molecular weight excluding hydrogens is 288 g/mol. The predicted octanol–water partition coefficient (Wildman–Crippen LogP) is 4.12. The van der Waals surface area contributed by atoms with Crippen molar-refractivity contribution in [3.8, 4) is 23.5 Å². The molecule has 0 radical (unpaired) electrons.